The molecule has 1 aliphatic rings. The number of halogens is 2. The highest BCUT2D eigenvalue weighted by Crippen LogP contribution is 2.38. The van der Waals surface area contributed by atoms with Crippen molar-refractivity contribution in [1.29, 1.82) is 5.26 Å². The summed E-state index contributed by atoms with van der Waals surface area (Å²) in [7, 11) is 0. The minimum Gasteiger partial charge on any atom is -0.365 e. The van der Waals surface area contributed by atoms with Crippen LogP contribution in [0.3, 0.4) is 0 Å². The fourth-order valence-electron chi connectivity index (χ4n) is 3.03. The molecular formula is C19H15ClFN3O2S. The standard InChI is InChI=1S/C19H15ClFN3O2S/c20-13-5-3-6-14(21)12(13)8-10(9-22)18(26)24-19-16(17(23)25)11-4-1-2-7-15(11)27-19/h3,5-6,8H,1-2,4,7H2,(H2,23,25)(H,24,26). The largest absolute Gasteiger partial charge is 0.365 e. The molecule has 0 unspecified atom stereocenters. The minimum absolute atomic E-state index is 0.0496. The summed E-state index contributed by atoms with van der Waals surface area (Å²) < 4.78 is 13.9. The van der Waals surface area contributed by atoms with Gasteiger partial charge in [0.25, 0.3) is 11.8 Å². The van der Waals surface area contributed by atoms with Crippen molar-refractivity contribution in [2.75, 3.05) is 5.32 Å². The van der Waals surface area contributed by atoms with E-state index >= 15 is 0 Å². The topological polar surface area (TPSA) is 96.0 Å². The molecule has 138 valence electrons. The lowest BCUT2D eigenvalue weighted by molar-refractivity contribution is -0.112. The summed E-state index contributed by atoms with van der Waals surface area (Å²) in [6.45, 7) is 0. The van der Waals surface area contributed by atoms with E-state index in [0.717, 1.165) is 42.2 Å². The number of carbonyl (C=O) groups is 2. The molecule has 0 fully saturated rings. The summed E-state index contributed by atoms with van der Waals surface area (Å²) in [5, 5.41) is 12.3. The van der Waals surface area contributed by atoms with Gasteiger partial charge in [-0.2, -0.15) is 5.26 Å². The maximum Gasteiger partial charge on any atom is 0.266 e. The molecule has 5 nitrogen and oxygen atoms in total. The fourth-order valence-corrected chi connectivity index (χ4v) is 4.53. The SMILES string of the molecule is N#CC(=Cc1c(F)cccc1Cl)C(=O)Nc1sc2c(c1C(N)=O)CCCC2. The van der Waals surface area contributed by atoms with Crippen LogP contribution in [0.1, 0.15) is 39.2 Å². The van der Waals surface area contributed by atoms with E-state index < -0.39 is 17.6 Å². The van der Waals surface area contributed by atoms with E-state index in [-0.39, 0.29) is 16.2 Å². The Hall–Kier alpha value is -2.69. The average molecular weight is 404 g/mol. The number of primary amides is 1. The van der Waals surface area contributed by atoms with Gasteiger partial charge < -0.3 is 11.1 Å². The number of hydrogen-bond donors (Lipinski definition) is 2. The number of rotatable bonds is 4. The number of nitrogens with two attached hydrogens (primary N) is 1. The minimum atomic E-state index is -0.752. The lowest BCUT2D eigenvalue weighted by Gasteiger charge is -2.11. The van der Waals surface area contributed by atoms with E-state index in [2.05, 4.69) is 5.32 Å². The Bertz CT molecular complexity index is 987. The molecule has 2 aromatic rings. The van der Waals surface area contributed by atoms with Crippen LogP contribution in [-0.2, 0) is 17.6 Å². The van der Waals surface area contributed by atoms with Gasteiger partial charge >= 0.3 is 0 Å². The first kappa shape index (κ1) is 19.1. The molecule has 0 atom stereocenters. The fraction of sp³-hybridized carbons (Fsp3) is 0.211. The van der Waals surface area contributed by atoms with Gasteiger partial charge in [0.1, 0.15) is 22.5 Å². The number of amides is 2. The van der Waals surface area contributed by atoms with Crippen molar-refractivity contribution < 1.29 is 14.0 Å². The number of aryl methyl sites for hydroxylation is 1. The van der Waals surface area contributed by atoms with Crippen LogP contribution in [0, 0.1) is 17.1 Å². The Kier molecular flexibility index (Phi) is 5.59. The van der Waals surface area contributed by atoms with E-state index in [1.165, 1.54) is 29.5 Å². The zero-order valence-electron chi connectivity index (χ0n) is 14.1. The molecule has 0 bridgehead atoms. The monoisotopic (exact) mass is 403 g/mol. The second-order valence-electron chi connectivity index (χ2n) is 6.04. The Balaban J connectivity index is 1.95. The lowest BCUT2D eigenvalue weighted by Crippen LogP contribution is -2.19. The third-order valence-electron chi connectivity index (χ3n) is 4.30. The third-order valence-corrected chi connectivity index (χ3v) is 5.84. The van der Waals surface area contributed by atoms with E-state index in [1.54, 1.807) is 6.07 Å². The summed E-state index contributed by atoms with van der Waals surface area (Å²) in [6.07, 6.45) is 4.60. The summed E-state index contributed by atoms with van der Waals surface area (Å²) in [6, 6.07) is 5.82. The van der Waals surface area contributed by atoms with Crippen LogP contribution in [0.2, 0.25) is 5.02 Å². The van der Waals surface area contributed by atoms with Gasteiger partial charge in [-0.15, -0.1) is 11.3 Å². The van der Waals surface area contributed by atoms with Crippen molar-refractivity contribution in [3.8, 4) is 6.07 Å². The van der Waals surface area contributed by atoms with E-state index in [4.69, 9.17) is 17.3 Å². The highest BCUT2D eigenvalue weighted by atomic mass is 35.5. The van der Waals surface area contributed by atoms with Crippen molar-refractivity contribution in [3.63, 3.8) is 0 Å². The molecule has 3 N–H and O–H groups in total. The first-order chi connectivity index (χ1) is 12.9. The lowest BCUT2D eigenvalue weighted by atomic mass is 9.95. The molecule has 0 radical (unpaired) electrons. The van der Waals surface area contributed by atoms with E-state index in [9.17, 15) is 19.2 Å². The molecule has 0 saturated carbocycles. The maximum atomic E-state index is 13.9. The van der Waals surface area contributed by atoms with Gasteiger partial charge in [0.15, 0.2) is 0 Å². The molecule has 27 heavy (non-hydrogen) atoms. The van der Waals surface area contributed by atoms with Crippen LogP contribution in [0.15, 0.2) is 23.8 Å². The quantitative estimate of drug-likeness (QED) is 0.595. The van der Waals surface area contributed by atoms with Gasteiger partial charge in [0.2, 0.25) is 0 Å². The number of nitrogens with zero attached hydrogens (tertiary/aromatic N) is 1. The number of nitriles is 1. The molecule has 1 aromatic heterocycles. The van der Waals surface area contributed by atoms with E-state index in [0.29, 0.717) is 10.6 Å². The van der Waals surface area contributed by atoms with Gasteiger partial charge in [-0.3, -0.25) is 9.59 Å². The number of benzene rings is 1. The molecule has 1 aliphatic carbocycles. The highest BCUT2D eigenvalue weighted by Gasteiger charge is 2.25. The summed E-state index contributed by atoms with van der Waals surface area (Å²) >= 11 is 7.24. The average Bonchev–Trinajstić information content (AvgIpc) is 2.99. The third kappa shape index (κ3) is 3.87. The number of hydrogen-bond acceptors (Lipinski definition) is 4. The number of thiophene rings is 1. The van der Waals surface area contributed by atoms with Crippen LogP contribution in [0.4, 0.5) is 9.39 Å². The van der Waals surface area contributed by atoms with Crippen LogP contribution in [0.5, 0.6) is 0 Å². The Labute approximate surface area is 164 Å². The van der Waals surface area contributed by atoms with Gasteiger partial charge in [0.05, 0.1) is 10.6 Å². The molecule has 3 rings (SSSR count). The molecule has 0 spiro atoms. The second-order valence-corrected chi connectivity index (χ2v) is 7.55. The molecule has 0 saturated heterocycles. The predicted molar refractivity (Wildman–Crippen MR) is 103 cm³/mol. The van der Waals surface area contributed by atoms with Gasteiger partial charge in [-0.1, -0.05) is 17.7 Å². The first-order valence-electron chi connectivity index (χ1n) is 8.24. The summed E-state index contributed by atoms with van der Waals surface area (Å²) in [5.41, 5.74) is 6.29. The Morgan fingerprint density at radius 1 is 1.33 bits per heavy atom. The summed E-state index contributed by atoms with van der Waals surface area (Å²) in [4.78, 5) is 25.5. The van der Waals surface area contributed by atoms with Crippen LogP contribution in [0.25, 0.3) is 6.08 Å². The number of fused-ring (bicyclic) bond motifs is 1. The first-order valence-corrected chi connectivity index (χ1v) is 9.43. The normalized spacial score (nSPS) is 13.6. The van der Waals surface area contributed by atoms with Gasteiger partial charge in [0, 0.05) is 10.4 Å². The molecule has 0 aliphatic heterocycles. The maximum absolute atomic E-state index is 13.9. The van der Waals surface area contributed by atoms with Crippen molar-refractivity contribution in [3.05, 3.63) is 56.2 Å². The van der Waals surface area contributed by atoms with Crippen molar-refractivity contribution >= 4 is 45.8 Å². The molecule has 2 amide bonds. The van der Waals surface area contributed by atoms with Gasteiger partial charge in [-0.25, -0.2) is 4.39 Å². The van der Waals surface area contributed by atoms with Crippen LogP contribution in [-0.4, -0.2) is 11.8 Å². The van der Waals surface area contributed by atoms with Gasteiger partial charge in [-0.05, 0) is 49.5 Å². The molecule has 8 heteroatoms. The van der Waals surface area contributed by atoms with Crippen molar-refractivity contribution in [2.24, 2.45) is 5.73 Å². The van der Waals surface area contributed by atoms with E-state index in [1.807, 2.05) is 0 Å². The Morgan fingerprint density at radius 3 is 2.74 bits per heavy atom. The predicted octanol–water partition coefficient (Wildman–Crippen LogP) is 4.06. The zero-order chi connectivity index (χ0) is 19.6. The zero-order valence-corrected chi connectivity index (χ0v) is 15.7. The number of nitrogens with one attached hydrogen (secondary N) is 1. The second kappa shape index (κ2) is 7.91. The molecule has 1 heterocycles. The molecule has 1 aromatic carbocycles. The van der Waals surface area contributed by atoms with Crippen LogP contribution < -0.4 is 11.1 Å². The Morgan fingerprint density at radius 2 is 2.07 bits per heavy atom. The van der Waals surface area contributed by atoms with Crippen LogP contribution >= 0.6 is 22.9 Å². The molecular weight excluding hydrogens is 389 g/mol. The number of carbonyl (C=O) groups excluding carboxylic acids is 2. The summed E-state index contributed by atoms with van der Waals surface area (Å²) in [5.74, 6) is -2.02. The smallest absolute Gasteiger partial charge is 0.266 e. The highest BCUT2D eigenvalue weighted by molar-refractivity contribution is 7.17. The van der Waals surface area contributed by atoms with Crippen molar-refractivity contribution in [2.45, 2.75) is 25.7 Å². The van der Waals surface area contributed by atoms with Crippen molar-refractivity contribution in [1.82, 2.24) is 0 Å². The number of anilines is 1.